The molecule has 7 amide bonds. The molecule has 7 rings (SSSR count). The van der Waals surface area contributed by atoms with Gasteiger partial charge in [-0.3, -0.25) is 53.8 Å². The number of nitro groups is 2. The van der Waals surface area contributed by atoms with Gasteiger partial charge in [0.2, 0.25) is 54.3 Å². The maximum atomic E-state index is 15.3. The molecule has 1 aromatic heterocycles. The molecule has 26 heteroatoms. The number of amides is 7. The van der Waals surface area contributed by atoms with Gasteiger partial charge in [0.1, 0.15) is 59.2 Å². The number of nitrogens with zero attached hydrogens (tertiary/aromatic N) is 4. The lowest BCUT2D eigenvalue weighted by atomic mass is 9.90. The van der Waals surface area contributed by atoms with Crippen molar-refractivity contribution in [3.63, 3.8) is 0 Å². The molecule has 2 aromatic carbocycles. The van der Waals surface area contributed by atoms with Gasteiger partial charge in [0.15, 0.2) is 0 Å². The van der Waals surface area contributed by atoms with Gasteiger partial charge in [-0.2, -0.15) is 4.73 Å². The molecule has 2 aliphatic heterocycles. The Morgan fingerprint density at radius 3 is 1.92 bits per heavy atom. The van der Waals surface area contributed by atoms with Crippen LogP contribution in [0.2, 0.25) is 5.15 Å². The molecule has 3 aromatic rings. The van der Waals surface area contributed by atoms with Gasteiger partial charge in [-0.15, -0.1) is 0 Å². The van der Waals surface area contributed by atoms with Crippen molar-refractivity contribution in [3.05, 3.63) is 127 Å². The summed E-state index contributed by atoms with van der Waals surface area (Å²) in [7, 11) is 1.33. The minimum atomic E-state index is -1.92. The van der Waals surface area contributed by atoms with Gasteiger partial charge in [0.05, 0.1) is 0 Å². The van der Waals surface area contributed by atoms with E-state index in [1.807, 2.05) is 13.0 Å². The van der Waals surface area contributed by atoms with Crippen LogP contribution in [0, 0.1) is 43.9 Å². The number of carbonyl (C=O) groups is 8. The number of benzene rings is 2. The average Bonchev–Trinajstić information content (AvgIpc) is 4.43. The molecule has 0 radical (unpaired) electrons. The van der Waals surface area contributed by atoms with Gasteiger partial charge in [0, 0.05) is 60.0 Å². The summed E-state index contributed by atoms with van der Waals surface area (Å²) < 4.78 is 12.0. The summed E-state index contributed by atoms with van der Waals surface area (Å²) in [5.41, 5.74) is 0.934. The summed E-state index contributed by atoms with van der Waals surface area (Å²) in [4.78, 5) is 149. The second kappa shape index (κ2) is 27.9. The van der Waals surface area contributed by atoms with E-state index in [4.69, 9.17) is 25.9 Å². The number of fused-ring (bicyclic) bond motifs is 1. The van der Waals surface area contributed by atoms with E-state index < -0.39 is 153 Å². The molecule has 25 nitrogen and oxygen atoms in total. The Morgan fingerprint density at radius 1 is 0.795 bits per heavy atom. The maximum Gasteiger partial charge on any atom is 0.329 e. The molecule has 6 N–H and O–H groups in total. The van der Waals surface area contributed by atoms with E-state index in [9.17, 15) is 44.2 Å². The number of hydrogen-bond donors (Lipinski definition) is 6. The highest BCUT2D eigenvalue weighted by molar-refractivity contribution is 6.30. The largest absolute Gasteiger partial charge is 0.458 e. The van der Waals surface area contributed by atoms with Crippen LogP contribution in [-0.2, 0) is 43.0 Å². The summed E-state index contributed by atoms with van der Waals surface area (Å²) in [5.74, 6) is -11.4. The van der Waals surface area contributed by atoms with Gasteiger partial charge in [-0.1, -0.05) is 119 Å². The van der Waals surface area contributed by atoms with E-state index in [1.54, 1.807) is 94.4 Å². The number of methoxy groups -OCH3 is 1. The second-order valence-electron chi connectivity index (χ2n) is 22.0. The van der Waals surface area contributed by atoms with Crippen molar-refractivity contribution in [3.8, 4) is 0 Å². The zero-order valence-corrected chi connectivity index (χ0v) is 48.0. The van der Waals surface area contributed by atoms with Crippen LogP contribution in [0.4, 0.5) is 0 Å². The number of carbonyl (C=O) groups excluding carboxylic acids is 8. The quantitative estimate of drug-likeness (QED) is 0.0311. The van der Waals surface area contributed by atoms with Crippen LogP contribution >= 0.6 is 11.6 Å². The highest BCUT2D eigenvalue weighted by Gasteiger charge is 2.52. The average molecular weight is 1170 g/mol. The zero-order valence-electron chi connectivity index (χ0n) is 47.3. The van der Waals surface area contributed by atoms with Gasteiger partial charge < -0.3 is 51.1 Å². The van der Waals surface area contributed by atoms with Crippen LogP contribution in [0.1, 0.15) is 114 Å². The van der Waals surface area contributed by atoms with Crippen LogP contribution in [0.3, 0.4) is 0 Å². The molecule has 4 aliphatic rings. The number of cyclic esters (lactones) is 1. The summed E-state index contributed by atoms with van der Waals surface area (Å²) >= 11 is 6.30. The van der Waals surface area contributed by atoms with Crippen molar-refractivity contribution in [2.24, 2.45) is 23.7 Å². The van der Waals surface area contributed by atoms with Crippen LogP contribution in [-0.4, -0.2) is 148 Å². The lowest BCUT2D eigenvalue weighted by molar-refractivity contribution is -0.498. The molecule has 2 saturated heterocycles. The topological polar surface area (TPSA) is 331 Å². The second-order valence-corrected chi connectivity index (χ2v) is 22.4. The van der Waals surface area contributed by atoms with Crippen molar-refractivity contribution in [2.45, 2.75) is 152 Å². The normalized spacial score (nSPS) is 28.5. The SMILES string of the molecule is C/C=C\[C@H]1C[C@H]2C(=O)O[C@H](C)[C@@H](NC(=O)[C@H](C[C@@H]3C[C@H]3[N+](=O)[O-])NC(=O)c3ccc(Cl)n3OCOC)C(=O)N[C@@H]([C@H](C)c3ccccc3)C(=O)N[C@H](C[C@@H]3C[C@H]3[N+](=O)[O-])C(=O)N[C@@H]([C@H](C)c3ccccc3)C(=O)N[C@@H]([C@@H](C)CC)C(=O)N2C1. The molecule has 83 heavy (non-hydrogen) atoms. The summed E-state index contributed by atoms with van der Waals surface area (Å²) in [5, 5.41) is 40.2. The van der Waals surface area contributed by atoms with Crippen LogP contribution in [0.25, 0.3) is 0 Å². The summed E-state index contributed by atoms with van der Waals surface area (Å²) in [6.45, 7) is 9.58. The van der Waals surface area contributed by atoms with Crippen molar-refractivity contribution in [2.75, 3.05) is 20.4 Å². The molecule has 0 bridgehead atoms. The molecule has 448 valence electrons. The molecule has 2 aliphatic carbocycles. The van der Waals surface area contributed by atoms with Crippen molar-refractivity contribution in [1.29, 1.82) is 0 Å². The minimum absolute atomic E-state index is 0.000967. The number of halogens is 1. The Bertz CT molecular complexity index is 2910. The fraction of sp³-hybridized carbons (Fsp3) is 0.544. The monoisotopic (exact) mass is 1170 g/mol. The number of aromatic nitrogens is 1. The Labute approximate surface area is 484 Å². The van der Waals surface area contributed by atoms with Crippen molar-refractivity contribution in [1.82, 2.24) is 41.5 Å². The number of rotatable bonds is 20. The number of hydrogen-bond acceptors (Lipinski definition) is 15. The number of esters is 1. The molecule has 4 fully saturated rings. The molecule has 3 heterocycles. The van der Waals surface area contributed by atoms with Gasteiger partial charge in [0.25, 0.3) is 5.91 Å². The van der Waals surface area contributed by atoms with E-state index in [2.05, 4.69) is 31.9 Å². The Hall–Kier alpha value is -7.93. The predicted molar refractivity (Wildman–Crippen MR) is 299 cm³/mol. The number of ether oxygens (including phenoxy) is 2. The first kappa shape index (κ1) is 62.7. The molecule has 0 spiro atoms. The van der Waals surface area contributed by atoms with Gasteiger partial charge >= 0.3 is 5.97 Å². The highest BCUT2D eigenvalue weighted by atomic mass is 35.5. The van der Waals surface area contributed by atoms with Crippen LogP contribution in [0.5, 0.6) is 0 Å². The fourth-order valence-electron chi connectivity index (χ4n) is 10.9. The molecular formula is C57H73ClN10O15. The van der Waals surface area contributed by atoms with E-state index in [1.165, 1.54) is 31.1 Å². The standard InChI is InChI=1S/C57H73ClN10O15/c1-8-16-34-23-44-57(76)83-33(6)49(64-51(70)39(24-37-26-42(37)67(77)78)59-52(71)41-21-22-45(58)66(41)82-29-81-7)55(74)63-47(31(4)35-17-12-10-13-18-35)53(72)60-40(25-38-27-43(38)68(79)80)50(69)62-48(32(5)36-19-14-11-15-20-36)54(73)61-46(30(3)9-2)56(75)65(44)28-34/h8,10-22,30-34,37-40,42-44,46-49H,9,23-29H2,1-7H3,(H,59,71)(H,60,72)(H,61,73)(H,62,69)(H,63,74)(H,64,70)/b16-8-/t30-,31+,32+,33+,34-,37+,38+,39-,40+,42+,43+,44-,46-,47-,48-,49+/m0/s1. The van der Waals surface area contributed by atoms with Crippen LogP contribution in [0.15, 0.2) is 84.9 Å². The molecule has 2 saturated carbocycles. The molecule has 16 atom stereocenters. The first-order chi connectivity index (χ1) is 39.6. The first-order valence-corrected chi connectivity index (χ1v) is 28.3. The Morgan fingerprint density at radius 2 is 1.36 bits per heavy atom. The summed E-state index contributed by atoms with van der Waals surface area (Å²) in [6.07, 6.45) is 1.91. The Balaban J connectivity index is 1.33. The first-order valence-electron chi connectivity index (χ1n) is 27.9. The predicted octanol–water partition coefficient (Wildman–Crippen LogP) is 3.20. The fourth-order valence-corrected chi connectivity index (χ4v) is 11.1. The maximum absolute atomic E-state index is 15.3. The minimum Gasteiger partial charge on any atom is -0.458 e. The third-order valence-corrected chi connectivity index (χ3v) is 16.5. The van der Waals surface area contributed by atoms with Gasteiger partial charge in [-0.05, 0) is 68.2 Å². The lowest BCUT2D eigenvalue weighted by Crippen LogP contribution is -2.62. The zero-order chi connectivity index (χ0) is 60.4. The van der Waals surface area contributed by atoms with E-state index in [0.717, 1.165) is 4.73 Å². The highest BCUT2D eigenvalue weighted by Crippen LogP contribution is 2.39. The molecular weight excluding hydrogens is 1100 g/mol. The third-order valence-electron chi connectivity index (χ3n) is 16.3. The molecule has 0 unspecified atom stereocenters. The Kier molecular flexibility index (Phi) is 21.1. The van der Waals surface area contributed by atoms with Crippen molar-refractivity contribution < 1.29 is 62.5 Å². The van der Waals surface area contributed by atoms with E-state index in [-0.39, 0.29) is 56.3 Å². The van der Waals surface area contributed by atoms with Crippen molar-refractivity contribution >= 4 is 58.9 Å². The smallest absolute Gasteiger partial charge is 0.329 e. The van der Waals surface area contributed by atoms with Crippen LogP contribution < -0.4 is 36.7 Å². The third kappa shape index (κ3) is 15.4. The van der Waals surface area contributed by atoms with E-state index in [0.29, 0.717) is 17.5 Å². The number of allylic oxidation sites excluding steroid dienone is 1. The number of nitrogens with one attached hydrogen (secondary N) is 6. The van der Waals surface area contributed by atoms with E-state index >= 15 is 14.4 Å². The summed E-state index contributed by atoms with van der Waals surface area (Å²) in [6, 6.07) is 7.06. The van der Waals surface area contributed by atoms with Gasteiger partial charge in [-0.25, -0.2) is 4.79 Å². The lowest BCUT2D eigenvalue weighted by Gasteiger charge is -2.34.